The molecule has 120 valence electrons. The van der Waals surface area contributed by atoms with Crippen molar-refractivity contribution in [3.05, 3.63) is 17.0 Å². The Balaban J connectivity index is 3.04. The molecular weight excluding hydrogens is 266 g/mol. The van der Waals surface area contributed by atoms with Crippen LogP contribution in [0.3, 0.4) is 0 Å². The second-order valence-corrected chi connectivity index (χ2v) is 5.69. The Hall–Kier alpha value is -1.36. The number of esters is 1. The summed E-state index contributed by atoms with van der Waals surface area (Å²) < 4.78 is 7.04. The largest absolute Gasteiger partial charge is 0.464 e. The first kappa shape index (κ1) is 17.7. The summed E-state index contributed by atoms with van der Waals surface area (Å²) in [5.41, 5.74) is 3.20. The van der Waals surface area contributed by atoms with Gasteiger partial charge in [0, 0.05) is 23.8 Å². The first-order valence-corrected chi connectivity index (χ1v) is 7.86. The van der Waals surface area contributed by atoms with Crippen LogP contribution in [0.25, 0.3) is 0 Å². The number of aromatic nitrogens is 2. The number of ether oxygens (including phenoxy) is 1. The van der Waals surface area contributed by atoms with Crippen molar-refractivity contribution in [3.8, 4) is 0 Å². The molecule has 1 aromatic rings. The van der Waals surface area contributed by atoms with Crippen LogP contribution < -0.4 is 5.32 Å². The molecule has 0 spiro atoms. The lowest BCUT2D eigenvalue weighted by molar-refractivity contribution is -0.147. The average Bonchev–Trinajstić information content (AvgIpc) is 2.69. The molecule has 0 fully saturated rings. The van der Waals surface area contributed by atoms with Gasteiger partial charge in [-0.25, -0.2) is 4.79 Å². The van der Waals surface area contributed by atoms with Gasteiger partial charge in [0.25, 0.3) is 0 Å². The Morgan fingerprint density at radius 1 is 1.33 bits per heavy atom. The zero-order chi connectivity index (χ0) is 16.0. The van der Waals surface area contributed by atoms with E-state index in [0.29, 0.717) is 12.6 Å². The van der Waals surface area contributed by atoms with Crippen LogP contribution in [0.4, 0.5) is 0 Å². The van der Waals surface area contributed by atoms with Gasteiger partial charge in [0.15, 0.2) is 0 Å². The summed E-state index contributed by atoms with van der Waals surface area (Å²) in [6.45, 7) is 13.3. The summed E-state index contributed by atoms with van der Waals surface area (Å²) in [6.07, 6.45) is 1.67. The van der Waals surface area contributed by atoms with Crippen molar-refractivity contribution in [2.24, 2.45) is 0 Å². The van der Waals surface area contributed by atoms with Gasteiger partial charge < -0.3 is 10.1 Å². The molecule has 5 nitrogen and oxygen atoms in total. The monoisotopic (exact) mass is 295 g/mol. The highest BCUT2D eigenvalue weighted by Crippen LogP contribution is 2.22. The van der Waals surface area contributed by atoms with Crippen LogP contribution >= 0.6 is 0 Å². The van der Waals surface area contributed by atoms with Gasteiger partial charge in [-0.3, -0.25) is 4.68 Å². The van der Waals surface area contributed by atoms with Gasteiger partial charge in [-0.1, -0.05) is 27.2 Å². The van der Waals surface area contributed by atoms with E-state index in [4.69, 9.17) is 4.74 Å². The third-order valence-corrected chi connectivity index (χ3v) is 3.58. The summed E-state index contributed by atoms with van der Waals surface area (Å²) in [7, 11) is 0. The summed E-state index contributed by atoms with van der Waals surface area (Å²) in [5, 5.41) is 8.00. The molecule has 0 amide bonds. The first-order valence-electron chi connectivity index (χ1n) is 7.86. The third kappa shape index (κ3) is 4.56. The fraction of sp³-hybridized carbons (Fsp3) is 0.750. The minimum Gasteiger partial charge on any atom is -0.464 e. The molecule has 1 N–H and O–H groups in total. The maximum atomic E-state index is 12.2. The second kappa shape index (κ2) is 8.17. The summed E-state index contributed by atoms with van der Waals surface area (Å²) in [6, 6.07) is 0.102. The molecule has 1 aromatic heterocycles. The number of carbonyl (C=O) groups is 1. The van der Waals surface area contributed by atoms with Crippen LogP contribution in [0.15, 0.2) is 0 Å². The molecule has 1 rings (SSSR count). The van der Waals surface area contributed by atoms with E-state index in [1.54, 1.807) is 0 Å². The minimum absolute atomic E-state index is 0.187. The van der Waals surface area contributed by atoms with Gasteiger partial charge >= 0.3 is 5.97 Å². The van der Waals surface area contributed by atoms with E-state index in [9.17, 15) is 4.79 Å². The van der Waals surface area contributed by atoms with Gasteiger partial charge in [-0.05, 0) is 27.2 Å². The van der Waals surface area contributed by atoms with Gasteiger partial charge in [0.05, 0.1) is 12.3 Å². The standard InChI is InChI=1S/C16H29N3O2/c1-7-9-15(16(20)21-8-2)19-13(6)14(12(5)18-19)10-17-11(3)4/h11,15,17H,7-10H2,1-6H3. The minimum atomic E-state index is -0.318. The highest BCUT2D eigenvalue weighted by molar-refractivity contribution is 5.74. The topological polar surface area (TPSA) is 56.2 Å². The Kier molecular flexibility index (Phi) is 6.89. The molecule has 0 aromatic carbocycles. The van der Waals surface area contributed by atoms with Crippen LogP contribution in [0.2, 0.25) is 0 Å². The van der Waals surface area contributed by atoms with E-state index >= 15 is 0 Å². The highest BCUT2D eigenvalue weighted by atomic mass is 16.5. The summed E-state index contributed by atoms with van der Waals surface area (Å²) in [4.78, 5) is 12.2. The zero-order valence-electron chi connectivity index (χ0n) is 14.2. The van der Waals surface area contributed by atoms with Crippen molar-refractivity contribution in [2.45, 2.75) is 73.0 Å². The smallest absolute Gasteiger partial charge is 0.330 e. The first-order chi connectivity index (χ1) is 9.92. The third-order valence-electron chi connectivity index (χ3n) is 3.58. The quantitative estimate of drug-likeness (QED) is 0.749. The fourth-order valence-electron chi connectivity index (χ4n) is 2.41. The van der Waals surface area contributed by atoms with Crippen LogP contribution in [0.5, 0.6) is 0 Å². The molecule has 0 aliphatic rings. The number of hydrogen-bond donors (Lipinski definition) is 1. The Labute approximate surface area is 128 Å². The van der Waals surface area contributed by atoms with E-state index in [1.165, 1.54) is 5.56 Å². The number of rotatable bonds is 8. The second-order valence-electron chi connectivity index (χ2n) is 5.69. The lowest BCUT2D eigenvalue weighted by atomic mass is 10.1. The molecule has 0 radical (unpaired) electrons. The molecule has 1 heterocycles. The zero-order valence-corrected chi connectivity index (χ0v) is 14.2. The van der Waals surface area contributed by atoms with E-state index in [0.717, 1.165) is 30.8 Å². The molecule has 0 bridgehead atoms. The SMILES string of the molecule is CCCC(C(=O)OCC)n1nc(C)c(CNC(C)C)c1C. The average molecular weight is 295 g/mol. The molecule has 0 saturated carbocycles. The van der Waals surface area contributed by atoms with Gasteiger partial charge in [0.2, 0.25) is 0 Å². The summed E-state index contributed by atoms with van der Waals surface area (Å²) >= 11 is 0. The molecule has 0 aliphatic carbocycles. The van der Waals surface area contributed by atoms with Crippen molar-refractivity contribution in [2.75, 3.05) is 6.61 Å². The number of hydrogen-bond acceptors (Lipinski definition) is 4. The molecule has 0 aliphatic heterocycles. The maximum Gasteiger partial charge on any atom is 0.330 e. The van der Waals surface area contributed by atoms with E-state index in [-0.39, 0.29) is 12.0 Å². The lowest BCUT2D eigenvalue weighted by Gasteiger charge is -2.17. The number of nitrogens with one attached hydrogen (secondary N) is 1. The van der Waals surface area contributed by atoms with Gasteiger partial charge in [-0.2, -0.15) is 5.10 Å². The van der Waals surface area contributed by atoms with Crippen molar-refractivity contribution in [1.29, 1.82) is 0 Å². The number of nitrogens with zero attached hydrogens (tertiary/aromatic N) is 2. The molecule has 5 heteroatoms. The molecule has 1 atom stereocenters. The van der Waals surface area contributed by atoms with E-state index in [2.05, 4.69) is 31.2 Å². The van der Waals surface area contributed by atoms with Gasteiger partial charge in [0.1, 0.15) is 6.04 Å². The Morgan fingerprint density at radius 3 is 2.52 bits per heavy atom. The van der Waals surface area contributed by atoms with E-state index in [1.807, 2.05) is 25.5 Å². The normalized spacial score (nSPS) is 12.7. The lowest BCUT2D eigenvalue weighted by Crippen LogP contribution is -2.25. The number of aryl methyl sites for hydroxylation is 1. The maximum absolute atomic E-state index is 12.2. The molecule has 1 unspecified atom stereocenters. The van der Waals surface area contributed by atoms with Crippen LogP contribution in [-0.4, -0.2) is 28.4 Å². The van der Waals surface area contributed by atoms with Crippen LogP contribution in [-0.2, 0) is 16.1 Å². The number of carbonyl (C=O) groups excluding carboxylic acids is 1. The van der Waals surface area contributed by atoms with Crippen LogP contribution in [0, 0.1) is 13.8 Å². The van der Waals surface area contributed by atoms with Crippen molar-refractivity contribution in [1.82, 2.24) is 15.1 Å². The molecule has 0 saturated heterocycles. The van der Waals surface area contributed by atoms with E-state index < -0.39 is 0 Å². The Morgan fingerprint density at radius 2 is 2.00 bits per heavy atom. The van der Waals surface area contributed by atoms with Crippen LogP contribution in [0.1, 0.15) is 63.5 Å². The van der Waals surface area contributed by atoms with Crippen molar-refractivity contribution in [3.63, 3.8) is 0 Å². The fourth-order valence-corrected chi connectivity index (χ4v) is 2.41. The van der Waals surface area contributed by atoms with Gasteiger partial charge in [-0.15, -0.1) is 0 Å². The Bertz CT molecular complexity index is 466. The highest BCUT2D eigenvalue weighted by Gasteiger charge is 2.25. The van der Waals surface area contributed by atoms with Crippen molar-refractivity contribution < 1.29 is 9.53 Å². The predicted octanol–water partition coefficient (Wildman–Crippen LogP) is 2.90. The predicted molar refractivity (Wildman–Crippen MR) is 84.3 cm³/mol. The summed E-state index contributed by atoms with van der Waals surface area (Å²) in [5.74, 6) is -0.187. The molecule has 21 heavy (non-hydrogen) atoms. The molecular formula is C16H29N3O2. The van der Waals surface area contributed by atoms with Crippen molar-refractivity contribution >= 4 is 5.97 Å².